The number of halogens is 1. The van der Waals surface area contributed by atoms with Crippen LogP contribution in [0.2, 0.25) is 0 Å². The molecule has 1 saturated carbocycles. The van der Waals surface area contributed by atoms with Crippen molar-refractivity contribution < 1.29 is 27.5 Å². The average Bonchev–Trinajstić information content (AvgIpc) is 3.69. The minimum Gasteiger partial charge on any atom is -0.478 e. The van der Waals surface area contributed by atoms with Crippen LogP contribution in [-0.2, 0) is 16.6 Å². The number of nitrogens with one attached hydrogen (secondary N) is 2. The lowest BCUT2D eigenvalue weighted by Gasteiger charge is -2.22. The van der Waals surface area contributed by atoms with Crippen LogP contribution in [0.15, 0.2) is 64.0 Å². The van der Waals surface area contributed by atoms with Gasteiger partial charge in [0.15, 0.2) is 0 Å². The number of carbonyl (C=O) groups is 1. The van der Waals surface area contributed by atoms with Gasteiger partial charge in [-0.3, -0.25) is 0 Å². The third-order valence-electron chi connectivity index (χ3n) is 9.02. The molecule has 1 atom stereocenters. The molecule has 0 radical (unpaired) electrons. The van der Waals surface area contributed by atoms with E-state index in [-0.39, 0.29) is 58.7 Å². The number of nitriles is 1. The Morgan fingerprint density at radius 1 is 1.10 bits per heavy atom. The van der Waals surface area contributed by atoms with Gasteiger partial charge in [-0.25, -0.2) is 32.9 Å². The number of hydrogen-bond acceptors (Lipinski definition) is 11. The number of aromatic nitrogens is 4. The number of anilines is 1. The van der Waals surface area contributed by atoms with Crippen LogP contribution in [0.3, 0.4) is 0 Å². The molecule has 3 aromatic heterocycles. The van der Waals surface area contributed by atoms with E-state index in [2.05, 4.69) is 38.0 Å². The Labute approximate surface area is 308 Å². The molecule has 6 rings (SSSR count). The Morgan fingerprint density at radius 3 is 2.46 bits per heavy atom. The number of fused-ring (bicyclic) bond motifs is 1. The highest BCUT2D eigenvalue weighted by atomic mass is 35.5. The zero-order valence-electron chi connectivity index (χ0n) is 29.4. The molecule has 1 aliphatic carbocycles. The zero-order valence-corrected chi connectivity index (χ0v) is 31.1. The van der Waals surface area contributed by atoms with Crippen molar-refractivity contribution in [2.24, 2.45) is 5.41 Å². The molecule has 0 bridgehead atoms. The fourth-order valence-corrected chi connectivity index (χ4v) is 7.02. The summed E-state index contributed by atoms with van der Waals surface area (Å²) >= 11 is 0. The number of aryl methyl sites for hydroxylation is 2. The first-order valence-corrected chi connectivity index (χ1v) is 18.1. The molecular weight excluding hydrogens is 706 g/mol. The van der Waals surface area contributed by atoms with Gasteiger partial charge in [-0.2, -0.15) is 10.2 Å². The van der Waals surface area contributed by atoms with E-state index in [1.165, 1.54) is 18.2 Å². The Bertz CT molecular complexity index is 2260. The molecule has 1 aliphatic rings. The predicted molar refractivity (Wildman–Crippen MR) is 197 cm³/mol. The molecule has 15 heteroatoms. The summed E-state index contributed by atoms with van der Waals surface area (Å²) in [5.41, 5.74) is 4.92. The first-order valence-electron chi connectivity index (χ1n) is 16.6. The van der Waals surface area contributed by atoms with E-state index in [9.17, 15) is 23.6 Å². The number of ether oxygens (including phenoxy) is 1. The van der Waals surface area contributed by atoms with E-state index in [1.54, 1.807) is 12.3 Å². The molecule has 1 fully saturated rings. The zero-order chi connectivity index (χ0) is 36.5. The number of aromatic carboxylic acids is 1. The molecule has 0 aliphatic heterocycles. The summed E-state index contributed by atoms with van der Waals surface area (Å²) in [6.07, 6.45) is 4.62. The lowest BCUT2D eigenvalue weighted by Crippen LogP contribution is -2.36. The largest absolute Gasteiger partial charge is 0.478 e. The second-order valence-corrected chi connectivity index (χ2v) is 15.3. The highest BCUT2D eigenvalue weighted by Crippen LogP contribution is 2.49. The number of hydrogen-bond donors (Lipinski definition) is 3. The molecule has 0 unspecified atom stereocenters. The highest BCUT2D eigenvalue weighted by Gasteiger charge is 2.39. The number of furan rings is 1. The van der Waals surface area contributed by atoms with Crippen molar-refractivity contribution in [3.8, 4) is 23.2 Å². The van der Waals surface area contributed by atoms with E-state index in [0.29, 0.717) is 40.5 Å². The fraction of sp³-hybridized carbons (Fsp3) is 0.351. The second kappa shape index (κ2) is 15.2. The first-order chi connectivity index (χ1) is 24.2. The molecular formula is C37H40ClN7O6S. The number of sulfonamides is 1. The highest BCUT2D eigenvalue weighted by molar-refractivity contribution is 7.92. The summed E-state index contributed by atoms with van der Waals surface area (Å²) in [4.78, 5) is 29.4. The van der Waals surface area contributed by atoms with Gasteiger partial charge in [-0.05, 0) is 67.9 Å². The second-order valence-electron chi connectivity index (χ2n) is 13.6. The quantitative estimate of drug-likeness (QED) is 0.106. The van der Waals surface area contributed by atoms with Gasteiger partial charge in [0, 0.05) is 30.1 Å². The molecule has 3 N–H and O–H groups in total. The van der Waals surface area contributed by atoms with Crippen LogP contribution in [0, 0.1) is 30.6 Å². The lowest BCUT2D eigenvalue weighted by atomic mass is 9.99. The van der Waals surface area contributed by atoms with Crippen molar-refractivity contribution in [2.45, 2.75) is 77.3 Å². The minimum absolute atomic E-state index is 0. The van der Waals surface area contributed by atoms with Crippen LogP contribution in [-0.4, -0.2) is 52.1 Å². The van der Waals surface area contributed by atoms with Gasteiger partial charge in [0.1, 0.15) is 29.5 Å². The number of carboxylic acids is 1. The van der Waals surface area contributed by atoms with Crippen LogP contribution in [0.4, 0.5) is 5.95 Å². The van der Waals surface area contributed by atoms with Gasteiger partial charge < -0.3 is 19.6 Å². The lowest BCUT2D eigenvalue weighted by molar-refractivity contribution is 0.0696. The van der Waals surface area contributed by atoms with Gasteiger partial charge in [0.2, 0.25) is 17.5 Å². The molecule has 2 aromatic carbocycles. The van der Waals surface area contributed by atoms with E-state index in [0.717, 1.165) is 42.0 Å². The van der Waals surface area contributed by atoms with Gasteiger partial charge in [0.05, 0.1) is 28.0 Å². The van der Waals surface area contributed by atoms with Crippen molar-refractivity contribution in [3.63, 3.8) is 0 Å². The summed E-state index contributed by atoms with van der Waals surface area (Å²) in [5, 5.41) is 22.7. The molecule has 5 aromatic rings. The van der Waals surface area contributed by atoms with Crippen LogP contribution in [0.5, 0.6) is 5.88 Å². The van der Waals surface area contributed by atoms with Crippen LogP contribution in [0.1, 0.15) is 84.5 Å². The van der Waals surface area contributed by atoms with Crippen LogP contribution < -0.4 is 14.8 Å². The van der Waals surface area contributed by atoms with Crippen molar-refractivity contribution >= 4 is 45.6 Å². The molecule has 0 amide bonds. The fourth-order valence-electron chi connectivity index (χ4n) is 6.03. The summed E-state index contributed by atoms with van der Waals surface area (Å²) in [7, 11) is -4.26. The minimum atomic E-state index is -4.26. The molecule has 0 spiro atoms. The Hall–Kier alpha value is -5.10. The smallest absolute Gasteiger partial charge is 0.335 e. The average molecular weight is 746 g/mol. The van der Waals surface area contributed by atoms with Crippen molar-refractivity contribution in [1.82, 2.24) is 25.3 Å². The van der Waals surface area contributed by atoms with E-state index >= 15 is 0 Å². The summed E-state index contributed by atoms with van der Waals surface area (Å²) in [5.74, 6) is -0.741. The molecule has 13 nitrogen and oxygen atoms in total. The number of carboxylic acid groups (broad SMARTS) is 1. The van der Waals surface area contributed by atoms with Crippen molar-refractivity contribution in [3.05, 3.63) is 88.4 Å². The van der Waals surface area contributed by atoms with Gasteiger partial charge in [-0.1, -0.05) is 45.0 Å². The normalized spacial score (nSPS) is 14.0. The number of rotatable bonds is 14. The van der Waals surface area contributed by atoms with Crippen molar-refractivity contribution in [2.75, 3.05) is 11.3 Å². The van der Waals surface area contributed by atoms with E-state index in [1.807, 2.05) is 45.9 Å². The molecule has 0 saturated heterocycles. The standard InChI is InChI=1S/C37H39N7O6S.ClH/c1-21(2)33-28(17-38)32-34(50-33)40-19-26(41-32)18-39-25(16-37(5)12-13-37)20-49-30-15-29(31-22(3)8-6-9-23(31)4)42-36(43-30)44-51(47,48)27-11-7-10-24(14-27)35(45)46;/h6-11,14-15,19,21,25,39H,12-13,16,18,20H2,1-5H3,(H,45,46)(H,42,43,44);1H/t25-;/m1./s1. The molecule has 52 heavy (non-hydrogen) atoms. The predicted octanol–water partition coefficient (Wildman–Crippen LogP) is 6.94. The topological polar surface area (TPSA) is 193 Å². The Balaban J connectivity index is 0.00000523. The monoisotopic (exact) mass is 745 g/mol. The Morgan fingerprint density at radius 2 is 1.81 bits per heavy atom. The van der Waals surface area contributed by atoms with Gasteiger partial charge >= 0.3 is 5.97 Å². The third kappa shape index (κ3) is 8.50. The maximum atomic E-state index is 13.4. The first kappa shape index (κ1) is 38.1. The Kier molecular flexibility index (Phi) is 11.2. The molecule has 3 heterocycles. The van der Waals surface area contributed by atoms with Gasteiger partial charge in [-0.15, -0.1) is 12.4 Å². The SMILES string of the molecule is Cc1cccc(C)c1-c1cc(OC[C@@H](CC2(C)CC2)NCc2cnc3oc(C(C)C)c(C#N)c3n2)nc(NS(=O)(=O)c2cccc(C(=O)O)c2)n1.Cl. The van der Waals surface area contributed by atoms with Crippen molar-refractivity contribution in [1.29, 1.82) is 5.26 Å². The summed E-state index contributed by atoms with van der Waals surface area (Å²) in [6.45, 7) is 10.6. The molecule has 272 valence electrons. The van der Waals surface area contributed by atoms with Crippen LogP contribution >= 0.6 is 12.4 Å². The van der Waals surface area contributed by atoms with E-state index < -0.39 is 16.0 Å². The maximum absolute atomic E-state index is 13.4. The van der Waals surface area contributed by atoms with Gasteiger partial charge in [0.25, 0.3) is 10.0 Å². The number of nitrogens with zero attached hydrogens (tertiary/aromatic N) is 5. The maximum Gasteiger partial charge on any atom is 0.335 e. The van der Waals surface area contributed by atoms with Crippen LogP contribution in [0.25, 0.3) is 22.5 Å². The summed E-state index contributed by atoms with van der Waals surface area (Å²) in [6, 6.07) is 14.6. The van der Waals surface area contributed by atoms with E-state index in [4.69, 9.17) is 14.1 Å². The number of benzene rings is 2. The third-order valence-corrected chi connectivity index (χ3v) is 10.3. The summed E-state index contributed by atoms with van der Waals surface area (Å²) < 4.78 is 41.3.